The van der Waals surface area contributed by atoms with E-state index in [1.807, 2.05) is 0 Å². The fourth-order valence-corrected chi connectivity index (χ4v) is 6.71. The Hall–Kier alpha value is -1.06. The third-order valence-electron chi connectivity index (χ3n) is 7.58. The third-order valence-corrected chi connectivity index (χ3v) is 7.58. The van der Waals surface area contributed by atoms with Gasteiger partial charge in [0.2, 0.25) is 0 Å². The smallest absolute Gasteiger partial charge is 0.123 e. The minimum absolute atomic E-state index is 0.0895. The second-order valence-corrected chi connectivity index (χ2v) is 8.55. The van der Waals surface area contributed by atoms with Crippen LogP contribution in [0.15, 0.2) is 6.07 Å². The summed E-state index contributed by atoms with van der Waals surface area (Å²) in [5, 5.41) is 15.1. The van der Waals surface area contributed by atoms with E-state index in [0.29, 0.717) is 23.6 Å². The molecule has 3 heteroatoms. The highest BCUT2D eigenvalue weighted by atomic mass is 16.3. The van der Waals surface area contributed by atoms with Gasteiger partial charge in [0.15, 0.2) is 0 Å². The number of hydrogen-bond acceptors (Lipinski definition) is 3. The van der Waals surface area contributed by atoms with Crippen LogP contribution < -0.4 is 5.32 Å². The molecule has 1 aromatic carbocycles. The highest BCUT2D eigenvalue weighted by Crippen LogP contribution is 2.61. The van der Waals surface area contributed by atoms with Gasteiger partial charge in [0, 0.05) is 11.6 Å². The van der Waals surface area contributed by atoms with Gasteiger partial charge in [-0.2, -0.15) is 0 Å². The van der Waals surface area contributed by atoms with E-state index in [1.54, 1.807) is 0 Å². The van der Waals surface area contributed by atoms with E-state index >= 15 is 0 Å². The van der Waals surface area contributed by atoms with Gasteiger partial charge in [-0.25, -0.2) is 0 Å². The number of phenolic OH excluding ortho intramolecular Hbond substituents is 1. The molecule has 1 saturated heterocycles. The summed E-state index contributed by atoms with van der Waals surface area (Å²) in [5.74, 6) is 1.79. The van der Waals surface area contributed by atoms with Crippen LogP contribution in [0.1, 0.15) is 73.6 Å². The predicted molar refractivity (Wildman–Crippen MR) is 103 cm³/mol. The fourth-order valence-electron chi connectivity index (χ4n) is 6.71. The molecule has 4 rings (SSSR count). The van der Waals surface area contributed by atoms with Crippen molar-refractivity contribution in [1.29, 1.82) is 0 Å². The van der Waals surface area contributed by atoms with E-state index < -0.39 is 0 Å². The molecule has 0 amide bonds. The first kappa shape index (κ1) is 17.4. The number of nitrogens with zero attached hydrogens (tertiary/aromatic N) is 1. The minimum Gasteiger partial charge on any atom is -0.507 e. The minimum atomic E-state index is -0.0895. The molecule has 3 nitrogen and oxygen atoms in total. The molecule has 4 unspecified atom stereocenters. The summed E-state index contributed by atoms with van der Waals surface area (Å²) >= 11 is 0. The highest BCUT2D eigenvalue weighted by molar-refractivity contribution is 5.59. The predicted octanol–water partition coefficient (Wildman–Crippen LogP) is 4.20. The molecule has 25 heavy (non-hydrogen) atoms. The van der Waals surface area contributed by atoms with Crippen LogP contribution in [0.4, 0.5) is 0 Å². The molecule has 3 aliphatic rings. The summed E-state index contributed by atoms with van der Waals surface area (Å²) in [4.78, 5) is 2.66. The van der Waals surface area contributed by atoms with Gasteiger partial charge in [0.1, 0.15) is 5.75 Å². The molecule has 2 aliphatic carbocycles. The van der Waals surface area contributed by atoms with Crippen molar-refractivity contribution in [2.75, 3.05) is 20.1 Å². The summed E-state index contributed by atoms with van der Waals surface area (Å²) < 4.78 is 0. The molecule has 2 N–H and O–H groups in total. The summed E-state index contributed by atoms with van der Waals surface area (Å²) in [6, 6.07) is 2.71. The molecular weight excluding hydrogens is 308 g/mol. The summed E-state index contributed by atoms with van der Waals surface area (Å²) in [6.07, 6.45) is 7.74. The van der Waals surface area contributed by atoms with Crippen molar-refractivity contribution < 1.29 is 5.11 Å². The van der Waals surface area contributed by atoms with Gasteiger partial charge in [-0.1, -0.05) is 25.8 Å². The van der Waals surface area contributed by atoms with Crippen LogP contribution in [0.2, 0.25) is 0 Å². The Labute approximate surface area is 152 Å². The number of aryl methyl sites for hydroxylation is 2. The van der Waals surface area contributed by atoms with Crippen LogP contribution in [0.5, 0.6) is 5.75 Å². The van der Waals surface area contributed by atoms with Crippen molar-refractivity contribution in [3.8, 4) is 5.75 Å². The van der Waals surface area contributed by atoms with Gasteiger partial charge in [0.25, 0.3) is 0 Å². The van der Waals surface area contributed by atoms with Gasteiger partial charge < -0.3 is 10.4 Å². The average molecular weight is 343 g/mol. The Morgan fingerprint density at radius 1 is 1.16 bits per heavy atom. The zero-order chi connectivity index (χ0) is 17.8. The topological polar surface area (TPSA) is 35.5 Å². The van der Waals surface area contributed by atoms with Gasteiger partial charge in [0.05, 0.1) is 5.54 Å². The Balaban J connectivity index is 1.98. The van der Waals surface area contributed by atoms with Gasteiger partial charge in [-0.05, 0) is 88.2 Å². The molecule has 0 aromatic heterocycles. The lowest BCUT2D eigenvalue weighted by molar-refractivity contribution is 0.0690. The van der Waals surface area contributed by atoms with Gasteiger partial charge >= 0.3 is 0 Å². The maximum Gasteiger partial charge on any atom is 0.123 e. The molecule has 4 atom stereocenters. The number of likely N-dealkylation sites (N-methyl/N-ethyl adjacent to an activating group) is 2. The van der Waals surface area contributed by atoms with E-state index in [1.165, 1.54) is 61.8 Å². The normalized spacial score (nSPS) is 35.0. The number of nitrogens with one attached hydrogen (secondary N) is 1. The SMILES string of the molecule is CCN1CCCC1C1(NC)c2c(O)c(C)cc(C)c2C2CCCCC21. The summed E-state index contributed by atoms with van der Waals surface area (Å²) in [7, 11) is 2.14. The molecular formula is C22H34N2O. The van der Waals surface area contributed by atoms with Crippen LogP contribution in [0.3, 0.4) is 0 Å². The van der Waals surface area contributed by atoms with Crippen LogP contribution >= 0.6 is 0 Å². The van der Waals surface area contributed by atoms with Crippen LogP contribution in [0, 0.1) is 19.8 Å². The Morgan fingerprint density at radius 3 is 2.64 bits per heavy atom. The lowest BCUT2D eigenvalue weighted by atomic mass is 9.68. The van der Waals surface area contributed by atoms with E-state index in [0.717, 1.165) is 12.1 Å². The molecule has 0 radical (unpaired) electrons. The van der Waals surface area contributed by atoms with Gasteiger partial charge in [-0.3, -0.25) is 4.90 Å². The number of hydrogen-bond donors (Lipinski definition) is 2. The van der Waals surface area contributed by atoms with E-state index in [4.69, 9.17) is 0 Å². The molecule has 1 aliphatic heterocycles. The molecule has 138 valence electrons. The van der Waals surface area contributed by atoms with Crippen molar-refractivity contribution in [3.63, 3.8) is 0 Å². The zero-order valence-corrected chi connectivity index (χ0v) is 16.4. The molecule has 1 saturated carbocycles. The summed E-state index contributed by atoms with van der Waals surface area (Å²) in [5.41, 5.74) is 5.07. The first-order chi connectivity index (χ1) is 12.1. The zero-order valence-electron chi connectivity index (χ0n) is 16.4. The standard InChI is InChI=1S/C22H34N2O/c1-5-24-12-8-11-18(24)22(23-4)17-10-7-6-9-16(17)19-14(2)13-15(3)21(25)20(19)22/h13,16-18,23,25H,5-12H2,1-4H3. The number of phenols is 1. The van der Waals surface area contributed by atoms with Crippen molar-refractivity contribution in [1.82, 2.24) is 10.2 Å². The third kappa shape index (κ3) is 2.24. The molecule has 2 fully saturated rings. The Kier molecular flexibility index (Phi) is 4.36. The maximum atomic E-state index is 11.2. The molecule has 0 spiro atoms. The first-order valence-electron chi connectivity index (χ1n) is 10.3. The van der Waals surface area contributed by atoms with Crippen molar-refractivity contribution in [2.24, 2.45) is 5.92 Å². The second kappa shape index (κ2) is 6.28. The van der Waals surface area contributed by atoms with Crippen molar-refractivity contribution >= 4 is 0 Å². The molecule has 1 aromatic rings. The Morgan fingerprint density at radius 2 is 1.92 bits per heavy atom. The van der Waals surface area contributed by atoms with E-state index in [-0.39, 0.29) is 5.54 Å². The van der Waals surface area contributed by atoms with Crippen molar-refractivity contribution in [3.05, 3.63) is 28.3 Å². The first-order valence-corrected chi connectivity index (χ1v) is 10.3. The van der Waals surface area contributed by atoms with Crippen molar-refractivity contribution in [2.45, 2.75) is 76.8 Å². The Bertz CT molecular complexity index is 670. The molecule has 0 bridgehead atoms. The van der Waals surface area contributed by atoms with Crippen LogP contribution in [0.25, 0.3) is 0 Å². The van der Waals surface area contributed by atoms with Gasteiger partial charge in [-0.15, -0.1) is 0 Å². The summed E-state index contributed by atoms with van der Waals surface area (Å²) in [6.45, 7) is 8.92. The number of benzene rings is 1. The second-order valence-electron chi connectivity index (χ2n) is 8.55. The fraction of sp³-hybridized carbons (Fsp3) is 0.727. The number of likely N-dealkylation sites (tertiary alicyclic amines) is 1. The van der Waals surface area contributed by atoms with Crippen LogP contribution in [-0.2, 0) is 5.54 Å². The van der Waals surface area contributed by atoms with E-state index in [2.05, 4.69) is 44.1 Å². The lowest BCUT2D eigenvalue weighted by Crippen LogP contribution is -2.58. The average Bonchev–Trinajstić information content (AvgIpc) is 3.20. The lowest BCUT2D eigenvalue weighted by Gasteiger charge is -2.47. The quantitative estimate of drug-likeness (QED) is 0.864. The van der Waals surface area contributed by atoms with Crippen LogP contribution in [-0.4, -0.2) is 36.2 Å². The number of aromatic hydroxyl groups is 1. The maximum absolute atomic E-state index is 11.2. The van der Waals surface area contributed by atoms with E-state index in [9.17, 15) is 5.11 Å². The number of rotatable bonds is 3. The monoisotopic (exact) mass is 342 g/mol. The highest BCUT2D eigenvalue weighted by Gasteiger charge is 2.59. The number of fused-ring (bicyclic) bond motifs is 3. The largest absolute Gasteiger partial charge is 0.507 e. The molecule has 1 heterocycles.